The first-order valence-corrected chi connectivity index (χ1v) is 6.06. The van der Waals surface area contributed by atoms with Gasteiger partial charge < -0.3 is 5.32 Å². The highest BCUT2D eigenvalue weighted by Gasteiger charge is 2.16. The summed E-state index contributed by atoms with van der Waals surface area (Å²) in [6.07, 6.45) is 7.41. The zero-order valence-corrected chi connectivity index (χ0v) is 9.83. The molecule has 1 amide bonds. The molecule has 16 heavy (non-hydrogen) atoms. The van der Waals surface area contributed by atoms with Crippen LogP contribution in [0.25, 0.3) is 0 Å². The van der Waals surface area contributed by atoms with Crippen molar-refractivity contribution in [2.45, 2.75) is 38.1 Å². The van der Waals surface area contributed by atoms with E-state index in [9.17, 15) is 4.79 Å². The Labute approximate surface area is 100 Å². The normalized spacial score (nSPS) is 17.1. The molecule has 0 radical (unpaired) electrons. The van der Waals surface area contributed by atoms with Gasteiger partial charge in [0.1, 0.15) is 5.15 Å². The van der Waals surface area contributed by atoms with Crippen molar-refractivity contribution in [3.63, 3.8) is 0 Å². The SMILES string of the molecule is O=C(NC1CCCCC1)c1ccc(Cl)nc1. The Hall–Kier alpha value is -1.09. The number of carbonyl (C=O) groups excluding carboxylic acids is 1. The minimum Gasteiger partial charge on any atom is -0.349 e. The predicted octanol–water partition coefficient (Wildman–Crippen LogP) is 2.80. The molecular weight excluding hydrogens is 224 g/mol. The molecule has 4 heteroatoms. The largest absolute Gasteiger partial charge is 0.349 e. The molecule has 1 heterocycles. The van der Waals surface area contributed by atoms with Crippen LogP contribution in [-0.2, 0) is 0 Å². The first-order valence-electron chi connectivity index (χ1n) is 5.68. The molecule has 1 aromatic rings. The summed E-state index contributed by atoms with van der Waals surface area (Å²) in [5.74, 6) is -0.0453. The number of pyridine rings is 1. The van der Waals surface area contributed by atoms with Crippen LogP contribution >= 0.6 is 11.6 Å². The molecule has 0 atom stereocenters. The fourth-order valence-corrected chi connectivity index (χ4v) is 2.14. The fourth-order valence-electron chi connectivity index (χ4n) is 2.03. The lowest BCUT2D eigenvalue weighted by molar-refractivity contribution is 0.0927. The molecule has 3 nitrogen and oxygen atoms in total. The zero-order valence-electron chi connectivity index (χ0n) is 9.08. The average Bonchev–Trinajstić information content (AvgIpc) is 2.31. The molecule has 0 aromatic carbocycles. The number of carbonyl (C=O) groups is 1. The molecule has 1 saturated carbocycles. The quantitative estimate of drug-likeness (QED) is 0.805. The lowest BCUT2D eigenvalue weighted by Gasteiger charge is -2.22. The molecule has 0 aliphatic heterocycles. The number of nitrogens with zero attached hydrogens (tertiary/aromatic N) is 1. The van der Waals surface area contributed by atoms with E-state index in [1.54, 1.807) is 12.1 Å². The maximum absolute atomic E-state index is 11.8. The second kappa shape index (κ2) is 5.30. The van der Waals surface area contributed by atoms with E-state index in [1.165, 1.54) is 25.5 Å². The minimum atomic E-state index is -0.0453. The number of halogens is 1. The van der Waals surface area contributed by atoms with Crippen molar-refractivity contribution < 1.29 is 4.79 Å². The van der Waals surface area contributed by atoms with Gasteiger partial charge in [0.25, 0.3) is 5.91 Å². The molecule has 0 bridgehead atoms. The van der Waals surface area contributed by atoms with E-state index >= 15 is 0 Å². The highest BCUT2D eigenvalue weighted by atomic mass is 35.5. The van der Waals surface area contributed by atoms with Crippen molar-refractivity contribution in [2.24, 2.45) is 0 Å². The maximum atomic E-state index is 11.8. The lowest BCUT2D eigenvalue weighted by Crippen LogP contribution is -2.36. The average molecular weight is 239 g/mol. The summed E-state index contributed by atoms with van der Waals surface area (Å²) in [6.45, 7) is 0. The standard InChI is InChI=1S/C12H15ClN2O/c13-11-7-6-9(8-14-11)12(16)15-10-4-2-1-3-5-10/h6-8,10H,1-5H2,(H,15,16). The van der Waals surface area contributed by atoms with Gasteiger partial charge in [-0.25, -0.2) is 4.98 Å². The first kappa shape index (κ1) is 11.4. The van der Waals surface area contributed by atoms with Crippen LogP contribution in [0.2, 0.25) is 5.15 Å². The molecule has 0 spiro atoms. The number of rotatable bonds is 2. The van der Waals surface area contributed by atoms with Crippen LogP contribution in [0.5, 0.6) is 0 Å². The van der Waals surface area contributed by atoms with Crippen molar-refractivity contribution in [1.82, 2.24) is 10.3 Å². The van der Waals surface area contributed by atoms with Crippen LogP contribution in [0.15, 0.2) is 18.3 Å². The van der Waals surface area contributed by atoms with E-state index in [2.05, 4.69) is 10.3 Å². The molecule has 1 aromatic heterocycles. The van der Waals surface area contributed by atoms with Crippen molar-refractivity contribution in [3.05, 3.63) is 29.0 Å². The summed E-state index contributed by atoms with van der Waals surface area (Å²) in [4.78, 5) is 15.7. The van der Waals surface area contributed by atoms with E-state index in [0.29, 0.717) is 16.8 Å². The molecule has 1 N–H and O–H groups in total. The van der Waals surface area contributed by atoms with Crippen LogP contribution in [-0.4, -0.2) is 16.9 Å². The van der Waals surface area contributed by atoms with Gasteiger partial charge in [-0.05, 0) is 25.0 Å². The van der Waals surface area contributed by atoms with E-state index in [4.69, 9.17) is 11.6 Å². The Morgan fingerprint density at radius 1 is 1.31 bits per heavy atom. The van der Waals surface area contributed by atoms with E-state index in [0.717, 1.165) is 12.8 Å². The topological polar surface area (TPSA) is 42.0 Å². The summed E-state index contributed by atoms with van der Waals surface area (Å²) in [5, 5.41) is 3.44. The molecule has 1 fully saturated rings. The van der Waals surface area contributed by atoms with Gasteiger partial charge in [-0.3, -0.25) is 4.79 Å². The third kappa shape index (κ3) is 2.95. The fraction of sp³-hybridized carbons (Fsp3) is 0.500. The Bertz CT molecular complexity index is 358. The summed E-state index contributed by atoms with van der Waals surface area (Å²) in [5.41, 5.74) is 0.579. The van der Waals surface area contributed by atoms with Gasteiger partial charge in [-0.15, -0.1) is 0 Å². The van der Waals surface area contributed by atoms with Gasteiger partial charge in [-0.2, -0.15) is 0 Å². The van der Waals surface area contributed by atoms with Crippen molar-refractivity contribution in [3.8, 4) is 0 Å². The third-order valence-corrected chi connectivity index (χ3v) is 3.15. The number of hydrogen-bond donors (Lipinski definition) is 1. The smallest absolute Gasteiger partial charge is 0.253 e. The molecule has 86 valence electrons. The van der Waals surface area contributed by atoms with Gasteiger partial charge in [0.05, 0.1) is 5.56 Å². The minimum absolute atomic E-state index is 0.0453. The van der Waals surface area contributed by atoms with Crippen LogP contribution in [0.1, 0.15) is 42.5 Å². The van der Waals surface area contributed by atoms with E-state index < -0.39 is 0 Å². The van der Waals surface area contributed by atoms with Crippen molar-refractivity contribution >= 4 is 17.5 Å². The second-order valence-electron chi connectivity index (χ2n) is 4.18. The summed E-state index contributed by atoms with van der Waals surface area (Å²) in [7, 11) is 0. The Morgan fingerprint density at radius 2 is 2.06 bits per heavy atom. The summed E-state index contributed by atoms with van der Waals surface area (Å²) >= 11 is 5.67. The monoisotopic (exact) mass is 238 g/mol. The zero-order chi connectivity index (χ0) is 11.4. The van der Waals surface area contributed by atoms with Crippen LogP contribution in [0, 0.1) is 0 Å². The number of hydrogen-bond acceptors (Lipinski definition) is 2. The van der Waals surface area contributed by atoms with Gasteiger partial charge >= 0.3 is 0 Å². The van der Waals surface area contributed by atoms with Gasteiger partial charge in [0, 0.05) is 12.2 Å². The highest BCUT2D eigenvalue weighted by molar-refractivity contribution is 6.29. The van der Waals surface area contributed by atoms with Gasteiger partial charge in [0.15, 0.2) is 0 Å². The molecular formula is C12H15ClN2O. The summed E-state index contributed by atoms with van der Waals surface area (Å²) in [6, 6.07) is 3.67. The number of aromatic nitrogens is 1. The van der Waals surface area contributed by atoms with Crippen molar-refractivity contribution in [2.75, 3.05) is 0 Å². The molecule has 0 unspecified atom stereocenters. The summed E-state index contributed by atoms with van der Waals surface area (Å²) < 4.78 is 0. The lowest BCUT2D eigenvalue weighted by atomic mass is 9.95. The second-order valence-corrected chi connectivity index (χ2v) is 4.57. The maximum Gasteiger partial charge on any atom is 0.253 e. The Balaban J connectivity index is 1.94. The van der Waals surface area contributed by atoms with E-state index in [-0.39, 0.29) is 5.91 Å². The molecule has 1 aliphatic rings. The van der Waals surface area contributed by atoms with Crippen LogP contribution in [0.4, 0.5) is 0 Å². The third-order valence-electron chi connectivity index (χ3n) is 2.93. The molecule has 1 aliphatic carbocycles. The van der Waals surface area contributed by atoms with Crippen LogP contribution < -0.4 is 5.32 Å². The Morgan fingerprint density at radius 3 is 2.69 bits per heavy atom. The van der Waals surface area contributed by atoms with Gasteiger partial charge in [0.2, 0.25) is 0 Å². The van der Waals surface area contributed by atoms with Crippen molar-refractivity contribution in [1.29, 1.82) is 0 Å². The number of nitrogens with one attached hydrogen (secondary N) is 1. The molecule has 2 rings (SSSR count). The van der Waals surface area contributed by atoms with Gasteiger partial charge in [-0.1, -0.05) is 30.9 Å². The number of amides is 1. The van der Waals surface area contributed by atoms with E-state index in [1.807, 2.05) is 0 Å². The van der Waals surface area contributed by atoms with Crippen LogP contribution in [0.3, 0.4) is 0 Å². The highest BCUT2D eigenvalue weighted by Crippen LogP contribution is 2.17. The Kier molecular flexibility index (Phi) is 3.78. The molecule has 0 saturated heterocycles. The predicted molar refractivity (Wildman–Crippen MR) is 63.6 cm³/mol. The first-order chi connectivity index (χ1) is 7.75.